The fourth-order valence-electron chi connectivity index (χ4n) is 2.98. The van der Waals surface area contributed by atoms with Crippen LogP contribution in [0.3, 0.4) is 0 Å². The molecule has 0 aliphatic carbocycles. The summed E-state index contributed by atoms with van der Waals surface area (Å²) in [7, 11) is 0. The average Bonchev–Trinajstić information content (AvgIpc) is 3.21. The van der Waals surface area contributed by atoms with Crippen molar-refractivity contribution in [1.29, 1.82) is 0 Å². The summed E-state index contributed by atoms with van der Waals surface area (Å²) in [5.74, 6) is 0.753. The topological polar surface area (TPSA) is 58.9 Å². The molecule has 3 atom stereocenters. The van der Waals surface area contributed by atoms with Gasteiger partial charge >= 0.3 is 0 Å². The first-order valence-electron chi connectivity index (χ1n) is 8.11. The van der Waals surface area contributed by atoms with Crippen molar-refractivity contribution < 1.29 is 4.39 Å². The predicted molar refractivity (Wildman–Crippen MR) is 87.0 cm³/mol. The van der Waals surface area contributed by atoms with Gasteiger partial charge in [0.2, 0.25) is 0 Å². The molecule has 1 aliphatic rings. The van der Waals surface area contributed by atoms with E-state index >= 15 is 0 Å². The molecule has 3 heterocycles. The summed E-state index contributed by atoms with van der Waals surface area (Å²) >= 11 is 0. The highest BCUT2D eigenvalue weighted by Gasteiger charge is 2.33. The monoisotopic (exact) mass is 318 g/mol. The van der Waals surface area contributed by atoms with Crippen LogP contribution in [0.25, 0.3) is 0 Å². The maximum absolute atomic E-state index is 13.8. The smallest absolute Gasteiger partial charge is 0.151 e. The van der Waals surface area contributed by atoms with Gasteiger partial charge in [-0.05, 0) is 31.5 Å². The van der Waals surface area contributed by atoms with Crippen molar-refractivity contribution >= 4 is 5.82 Å². The van der Waals surface area contributed by atoms with Crippen LogP contribution in [-0.4, -0.2) is 51.3 Å². The van der Waals surface area contributed by atoms with E-state index < -0.39 is 6.17 Å². The minimum absolute atomic E-state index is 0.119. The SMILES string of the molecule is C[C@H](CCn1cccn1)NC[C@@H]1C[C@H](F)CN1c1cccnn1. The van der Waals surface area contributed by atoms with Crippen molar-refractivity contribution in [3.05, 3.63) is 36.8 Å². The molecule has 0 saturated carbocycles. The highest BCUT2D eigenvalue weighted by molar-refractivity contribution is 5.40. The zero-order valence-electron chi connectivity index (χ0n) is 13.3. The van der Waals surface area contributed by atoms with E-state index in [1.807, 2.05) is 34.0 Å². The van der Waals surface area contributed by atoms with Crippen molar-refractivity contribution in [3.63, 3.8) is 0 Å². The number of aromatic nitrogens is 4. The quantitative estimate of drug-likeness (QED) is 0.841. The summed E-state index contributed by atoms with van der Waals surface area (Å²) in [6.45, 7) is 4.17. The third-order valence-corrected chi connectivity index (χ3v) is 4.27. The second-order valence-electron chi connectivity index (χ2n) is 6.09. The Labute approximate surface area is 135 Å². The van der Waals surface area contributed by atoms with Crippen LogP contribution in [0.4, 0.5) is 10.2 Å². The zero-order chi connectivity index (χ0) is 16.1. The number of nitrogens with zero attached hydrogens (tertiary/aromatic N) is 5. The molecule has 1 N–H and O–H groups in total. The van der Waals surface area contributed by atoms with Crippen molar-refractivity contribution in [3.8, 4) is 0 Å². The van der Waals surface area contributed by atoms with Gasteiger partial charge in [0.25, 0.3) is 0 Å². The number of anilines is 1. The lowest BCUT2D eigenvalue weighted by molar-refractivity contribution is 0.351. The van der Waals surface area contributed by atoms with E-state index in [1.165, 1.54) is 0 Å². The molecule has 0 unspecified atom stereocenters. The Morgan fingerprint density at radius 3 is 3.04 bits per heavy atom. The van der Waals surface area contributed by atoms with E-state index in [1.54, 1.807) is 12.4 Å². The van der Waals surface area contributed by atoms with Gasteiger partial charge in [0.05, 0.1) is 6.54 Å². The molecule has 1 aliphatic heterocycles. The van der Waals surface area contributed by atoms with E-state index in [4.69, 9.17) is 0 Å². The molecule has 0 spiro atoms. The number of nitrogens with one attached hydrogen (secondary N) is 1. The Balaban J connectivity index is 1.49. The Morgan fingerprint density at radius 2 is 2.30 bits per heavy atom. The molecule has 6 nitrogen and oxygen atoms in total. The number of halogens is 1. The molecule has 3 rings (SSSR count). The molecular weight excluding hydrogens is 295 g/mol. The number of rotatable bonds is 7. The lowest BCUT2D eigenvalue weighted by Gasteiger charge is -2.26. The van der Waals surface area contributed by atoms with Crippen LogP contribution in [0, 0.1) is 0 Å². The highest BCUT2D eigenvalue weighted by Crippen LogP contribution is 2.24. The number of hydrogen-bond acceptors (Lipinski definition) is 5. The predicted octanol–water partition coefficient (Wildman–Crippen LogP) is 1.66. The van der Waals surface area contributed by atoms with E-state index in [9.17, 15) is 4.39 Å². The van der Waals surface area contributed by atoms with Crippen LogP contribution >= 0.6 is 0 Å². The maximum Gasteiger partial charge on any atom is 0.151 e. The Bertz CT molecular complexity index is 576. The standard InChI is InChI=1S/C16H23FN6/c1-13(5-9-22-8-3-7-20-22)18-11-15-10-14(17)12-23(15)16-4-2-6-19-21-16/h2-4,6-8,13-15,18H,5,9-12H2,1H3/t13-,14+,15+/m1/s1. The average molecular weight is 318 g/mol. The second-order valence-corrected chi connectivity index (χ2v) is 6.09. The number of hydrogen-bond donors (Lipinski definition) is 1. The first-order chi connectivity index (χ1) is 11.2. The van der Waals surface area contributed by atoms with E-state index in [0.717, 1.165) is 25.3 Å². The first-order valence-corrected chi connectivity index (χ1v) is 8.11. The Kier molecular flexibility index (Phi) is 5.17. The van der Waals surface area contributed by atoms with Gasteiger partial charge in [-0.2, -0.15) is 10.2 Å². The van der Waals surface area contributed by atoms with Crippen molar-refractivity contribution in [2.45, 2.75) is 44.6 Å². The van der Waals surface area contributed by atoms with Crippen molar-refractivity contribution in [1.82, 2.24) is 25.3 Å². The molecule has 2 aromatic rings. The molecule has 0 aromatic carbocycles. The van der Waals surface area contributed by atoms with Gasteiger partial charge in [-0.15, -0.1) is 5.10 Å². The van der Waals surface area contributed by atoms with Gasteiger partial charge < -0.3 is 10.2 Å². The zero-order valence-corrected chi connectivity index (χ0v) is 13.3. The minimum Gasteiger partial charge on any atom is -0.348 e. The molecule has 7 heteroatoms. The van der Waals surface area contributed by atoms with Gasteiger partial charge in [0.1, 0.15) is 6.17 Å². The fraction of sp³-hybridized carbons (Fsp3) is 0.562. The van der Waals surface area contributed by atoms with Gasteiger partial charge in [-0.1, -0.05) is 0 Å². The van der Waals surface area contributed by atoms with Crippen molar-refractivity contribution in [2.75, 3.05) is 18.0 Å². The van der Waals surface area contributed by atoms with Crippen molar-refractivity contribution in [2.24, 2.45) is 0 Å². The minimum atomic E-state index is -0.803. The molecule has 0 amide bonds. The lowest BCUT2D eigenvalue weighted by Crippen LogP contribution is -2.41. The summed E-state index contributed by atoms with van der Waals surface area (Å²) in [6, 6.07) is 6.12. The molecule has 23 heavy (non-hydrogen) atoms. The van der Waals surface area contributed by atoms with Gasteiger partial charge in [-0.25, -0.2) is 4.39 Å². The summed E-state index contributed by atoms with van der Waals surface area (Å²) in [4.78, 5) is 2.02. The third kappa shape index (κ3) is 4.25. The lowest BCUT2D eigenvalue weighted by atomic mass is 10.1. The summed E-state index contributed by atoms with van der Waals surface area (Å²) in [6.07, 6.45) is 6.11. The van der Waals surface area contributed by atoms with Gasteiger partial charge in [0.15, 0.2) is 5.82 Å². The maximum atomic E-state index is 13.8. The summed E-state index contributed by atoms with van der Waals surface area (Å²) in [5.41, 5.74) is 0. The largest absolute Gasteiger partial charge is 0.348 e. The van der Waals surface area contributed by atoms with Crippen LogP contribution in [-0.2, 0) is 6.54 Å². The Hall–Kier alpha value is -2.02. The first kappa shape index (κ1) is 15.9. The molecule has 0 radical (unpaired) electrons. The molecule has 1 saturated heterocycles. The normalized spacial score (nSPS) is 22.4. The number of aryl methyl sites for hydroxylation is 1. The highest BCUT2D eigenvalue weighted by atomic mass is 19.1. The fourth-order valence-corrected chi connectivity index (χ4v) is 2.98. The Morgan fingerprint density at radius 1 is 1.39 bits per heavy atom. The number of alkyl halides is 1. The molecule has 0 bridgehead atoms. The third-order valence-electron chi connectivity index (χ3n) is 4.27. The van der Waals surface area contributed by atoms with Crippen LogP contribution in [0.2, 0.25) is 0 Å². The van der Waals surface area contributed by atoms with E-state index in [0.29, 0.717) is 19.0 Å². The molecule has 124 valence electrons. The summed E-state index contributed by atoms with van der Waals surface area (Å²) in [5, 5.41) is 15.7. The van der Waals surface area contributed by atoms with Crippen LogP contribution in [0.5, 0.6) is 0 Å². The van der Waals surface area contributed by atoms with E-state index in [2.05, 4.69) is 27.5 Å². The molecule has 1 fully saturated rings. The summed E-state index contributed by atoms with van der Waals surface area (Å²) < 4.78 is 15.8. The van der Waals surface area contributed by atoms with E-state index in [-0.39, 0.29) is 6.04 Å². The van der Waals surface area contributed by atoms with Gasteiger partial charge in [-0.3, -0.25) is 4.68 Å². The second kappa shape index (κ2) is 7.50. The molecule has 2 aromatic heterocycles. The molecular formula is C16H23FN6. The van der Waals surface area contributed by atoms with Crippen LogP contribution < -0.4 is 10.2 Å². The van der Waals surface area contributed by atoms with Crippen LogP contribution in [0.1, 0.15) is 19.8 Å². The van der Waals surface area contributed by atoms with Crippen LogP contribution in [0.15, 0.2) is 36.8 Å². The van der Waals surface area contributed by atoms with Gasteiger partial charge in [0, 0.05) is 50.2 Å².